The van der Waals surface area contributed by atoms with Gasteiger partial charge in [-0.1, -0.05) is 18.2 Å². The second-order valence-corrected chi connectivity index (χ2v) is 6.61. The average molecular weight is 364 g/mol. The van der Waals surface area contributed by atoms with Crippen LogP contribution in [0.4, 0.5) is 10.5 Å². The summed E-state index contributed by atoms with van der Waals surface area (Å²) in [5.41, 5.74) is 3.78. The number of anilines is 1. The van der Waals surface area contributed by atoms with E-state index in [1.807, 2.05) is 54.3 Å². The molecule has 1 aliphatic heterocycles. The molecule has 6 heteroatoms. The SMILES string of the molecule is COc1cccc(CN2CCN(c3ccc(C(C=N)C=N)c(C)c3)C2=O)c1. The summed E-state index contributed by atoms with van der Waals surface area (Å²) in [7, 11) is 1.63. The summed E-state index contributed by atoms with van der Waals surface area (Å²) in [6.07, 6.45) is 2.51. The van der Waals surface area contributed by atoms with E-state index >= 15 is 0 Å². The van der Waals surface area contributed by atoms with E-state index in [1.54, 1.807) is 12.0 Å². The lowest BCUT2D eigenvalue weighted by Gasteiger charge is -2.20. The van der Waals surface area contributed by atoms with E-state index in [1.165, 1.54) is 12.4 Å². The van der Waals surface area contributed by atoms with Crippen molar-refractivity contribution in [3.63, 3.8) is 0 Å². The maximum atomic E-state index is 12.9. The van der Waals surface area contributed by atoms with Gasteiger partial charge in [0.25, 0.3) is 0 Å². The minimum Gasteiger partial charge on any atom is -0.497 e. The Balaban J connectivity index is 1.75. The van der Waals surface area contributed by atoms with E-state index in [0.29, 0.717) is 19.6 Å². The molecule has 0 unspecified atom stereocenters. The summed E-state index contributed by atoms with van der Waals surface area (Å²) in [6.45, 7) is 3.81. The molecule has 0 aromatic heterocycles. The molecule has 140 valence electrons. The first kappa shape index (κ1) is 18.6. The highest BCUT2D eigenvalue weighted by Crippen LogP contribution is 2.27. The maximum absolute atomic E-state index is 12.9. The molecule has 2 aromatic rings. The fourth-order valence-corrected chi connectivity index (χ4v) is 3.39. The van der Waals surface area contributed by atoms with Gasteiger partial charge in [-0.15, -0.1) is 0 Å². The summed E-state index contributed by atoms with van der Waals surface area (Å²) < 4.78 is 5.25. The fraction of sp³-hybridized carbons (Fsp3) is 0.286. The third-order valence-electron chi connectivity index (χ3n) is 4.89. The Morgan fingerprint density at radius 1 is 1.15 bits per heavy atom. The first-order chi connectivity index (χ1) is 13.1. The van der Waals surface area contributed by atoms with Gasteiger partial charge in [-0.3, -0.25) is 4.90 Å². The number of hydrogen-bond donors (Lipinski definition) is 2. The molecule has 2 aromatic carbocycles. The minimum atomic E-state index is -0.321. The van der Waals surface area contributed by atoms with Crippen molar-refractivity contribution in [2.45, 2.75) is 19.4 Å². The molecule has 27 heavy (non-hydrogen) atoms. The number of aryl methyl sites for hydroxylation is 1. The van der Waals surface area contributed by atoms with E-state index in [2.05, 4.69) is 0 Å². The molecular formula is C21H24N4O2. The third-order valence-corrected chi connectivity index (χ3v) is 4.89. The zero-order valence-corrected chi connectivity index (χ0v) is 15.6. The van der Waals surface area contributed by atoms with Crippen LogP contribution in [0.1, 0.15) is 22.6 Å². The number of urea groups is 1. The van der Waals surface area contributed by atoms with E-state index in [0.717, 1.165) is 28.1 Å². The number of benzene rings is 2. The Morgan fingerprint density at radius 3 is 2.59 bits per heavy atom. The molecule has 0 saturated carbocycles. The average Bonchev–Trinajstić information content (AvgIpc) is 3.04. The van der Waals surface area contributed by atoms with E-state index < -0.39 is 0 Å². The monoisotopic (exact) mass is 364 g/mol. The number of carbonyl (C=O) groups is 1. The molecule has 2 N–H and O–H groups in total. The van der Waals surface area contributed by atoms with Gasteiger partial charge in [0.05, 0.1) is 13.0 Å². The highest BCUT2D eigenvalue weighted by atomic mass is 16.5. The summed E-state index contributed by atoms with van der Waals surface area (Å²) in [5.74, 6) is 0.465. The number of nitrogens with zero attached hydrogens (tertiary/aromatic N) is 2. The molecule has 3 rings (SSSR count). The molecule has 2 amide bonds. The first-order valence-electron chi connectivity index (χ1n) is 8.88. The van der Waals surface area contributed by atoms with Crippen molar-refractivity contribution in [2.24, 2.45) is 0 Å². The molecule has 1 aliphatic rings. The molecular weight excluding hydrogens is 340 g/mol. The van der Waals surface area contributed by atoms with Crippen LogP contribution in [0, 0.1) is 17.7 Å². The number of methoxy groups -OCH3 is 1. The number of carbonyl (C=O) groups excluding carboxylic acids is 1. The summed E-state index contributed by atoms with van der Waals surface area (Å²) in [5, 5.41) is 14.9. The fourth-order valence-electron chi connectivity index (χ4n) is 3.39. The molecule has 6 nitrogen and oxygen atoms in total. The maximum Gasteiger partial charge on any atom is 0.324 e. The smallest absolute Gasteiger partial charge is 0.324 e. The molecule has 0 spiro atoms. The van der Waals surface area contributed by atoms with Crippen molar-refractivity contribution in [3.05, 3.63) is 59.2 Å². The Bertz CT molecular complexity index is 857. The summed E-state index contributed by atoms with van der Waals surface area (Å²) in [4.78, 5) is 16.5. The number of hydrogen-bond acceptors (Lipinski definition) is 4. The molecule has 1 saturated heterocycles. The van der Waals surface area contributed by atoms with Gasteiger partial charge in [0.15, 0.2) is 0 Å². The van der Waals surface area contributed by atoms with Crippen molar-refractivity contribution >= 4 is 24.1 Å². The molecule has 1 heterocycles. The van der Waals surface area contributed by atoms with E-state index in [9.17, 15) is 4.79 Å². The molecule has 1 fully saturated rings. The molecule has 0 atom stereocenters. The van der Waals surface area contributed by atoms with Crippen molar-refractivity contribution in [1.29, 1.82) is 10.8 Å². The van der Waals surface area contributed by atoms with E-state index in [-0.39, 0.29) is 11.9 Å². The highest BCUT2D eigenvalue weighted by molar-refractivity contribution is 5.94. The van der Waals surface area contributed by atoms with Crippen LogP contribution in [0.5, 0.6) is 5.75 Å². The van der Waals surface area contributed by atoms with Crippen LogP contribution in [-0.4, -0.2) is 43.6 Å². The van der Waals surface area contributed by atoms with Gasteiger partial charge in [0.2, 0.25) is 0 Å². The van der Waals surface area contributed by atoms with Crippen molar-refractivity contribution in [3.8, 4) is 5.75 Å². The number of nitrogens with one attached hydrogen (secondary N) is 2. The third kappa shape index (κ3) is 3.84. The number of ether oxygens (including phenoxy) is 1. The second kappa shape index (κ2) is 8.03. The van der Waals surface area contributed by atoms with Crippen LogP contribution in [0.2, 0.25) is 0 Å². The van der Waals surface area contributed by atoms with Crippen LogP contribution in [0.3, 0.4) is 0 Å². The van der Waals surface area contributed by atoms with Crippen molar-refractivity contribution < 1.29 is 9.53 Å². The van der Waals surface area contributed by atoms with E-state index in [4.69, 9.17) is 15.6 Å². The molecule has 0 radical (unpaired) electrons. The summed E-state index contributed by atoms with van der Waals surface area (Å²) >= 11 is 0. The Hall–Kier alpha value is -3.15. The first-order valence-corrected chi connectivity index (χ1v) is 8.88. The Kier molecular flexibility index (Phi) is 5.54. The lowest BCUT2D eigenvalue weighted by atomic mass is 9.96. The van der Waals surface area contributed by atoms with Gasteiger partial charge in [-0.05, 0) is 47.9 Å². The van der Waals surface area contributed by atoms with Gasteiger partial charge in [0.1, 0.15) is 5.75 Å². The lowest BCUT2D eigenvalue weighted by Crippen LogP contribution is -2.31. The number of rotatable bonds is 7. The van der Waals surface area contributed by atoms with Gasteiger partial charge in [-0.2, -0.15) is 0 Å². The summed E-state index contributed by atoms with van der Waals surface area (Å²) in [6, 6.07) is 13.5. The van der Waals surface area contributed by atoms with Crippen LogP contribution in [-0.2, 0) is 6.54 Å². The Morgan fingerprint density at radius 2 is 1.93 bits per heavy atom. The van der Waals surface area contributed by atoms with Crippen LogP contribution >= 0.6 is 0 Å². The van der Waals surface area contributed by atoms with Crippen LogP contribution in [0.25, 0.3) is 0 Å². The van der Waals surface area contributed by atoms with Gasteiger partial charge in [0, 0.05) is 37.8 Å². The van der Waals surface area contributed by atoms with Gasteiger partial charge < -0.3 is 20.5 Å². The predicted molar refractivity (Wildman–Crippen MR) is 108 cm³/mol. The van der Waals surface area contributed by atoms with Gasteiger partial charge >= 0.3 is 6.03 Å². The van der Waals surface area contributed by atoms with Gasteiger partial charge in [-0.25, -0.2) is 4.79 Å². The number of amides is 2. The largest absolute Gasteiger partial charge is 0.497 e. The second-order valence-electron chi connectivity index (χ2n) is 6.61. The zero-order chi connectivity index (χ0) is 19.4. The van der Waals surface area contributed by atoms with Crippen LogP contribution < -0.4 is 9.64 Å². The lowest BCUT2D eigenvalue weighted by molar-refractivity contribution is 0.218. The quantitative estimate of drug-likeness (QED) is 0.732. The molecule has 0 aliphatic carbocycles. The van der Waals surface area contributed by atoms with Crippen LogP contribution in [0.15, 0.2) is 42.5 Å². The minimum absolute atomic E-state index is 0.0133. The normalized spacial score (nSPS) is 15.0. The standard InChI is InChI=1S/C21H24N4O2/c1-15-10-18(6-7-20(15)17(12-22)13-23)25-9-8-24(21(25)26)14-16-4-3-5-19(11-16)27-2/h3-7,10-13,17,22-23H,8-9,14H2,1-2H3. The Labute approximate surface area is 159 Å². The van der Waals surface area contributed by atoms with Crippen molar-refractivity contribution in [2.75, 3.05) is 25.1 Å². The predicted octanol–water partition coefficient (Wildman–Crippen LogP) is 3.83. The molecule has 0 bridgehead atoms. The van der Waals surface area contributed by atoms with Crippen molar-refractivity contribution in [1.82, 2.24) is 4.90 Å². The topological polar surface area (TPSA) is 80.5 Å². The highest BCUT2D eigenvalue weighted by Gasteiger charge is 2.29. The zero-order valence-electron chi connectivity index (χ0n) is 15.6.